The number of para-hydroxylation sites is 1. The van der Waals surface area contributed by atoms with Crippen molar-refractivity contribution in [3.05, 3.63) is 34.5 Å². The Bertz CT molecular complexity index is 560. The van der Waals surface area contributed by atoms with E-state index < -0.39 is 5.97 Å². The first-order chi connectivity index (χ1) is 8.09. The molecule has 90 valence electrons. The van der Waals surface area contributed by atoms with Crippen LogP contribution in [0.4, 0.5) is 0 Å². The minimum atomic E-state index is -0.750. The van der Waals surface area contributed by atoms with Gasteiger partial charge in [-0.3, -0.25) is 4.79 Å². The van der Waals surface area contributed by atoms with Crippen LogP contribution >= 0.6 is 11.6 Å². The van der Waals surface area contributed by atoms with Gasteiger partial charge in [0.25, 0.3) is 0 Å². The summed E-state index contributed by atoms with van der Waals surface area (Å²) in [5.74, 6) is -0.750. The number of H-pyrrole nitrogens is 1. The highest BCUT2D eigenvalue weighted by molar-refractivity contribution is 6.35. The lowest BCUT2D eigenvalue weighted by molar-refractivity contribution is -0.137. The molecule has 2 N–H and O–H groups in total. The Labute approximate surface area is 104 Å². The quantitative estimate of drug-likeness (QED) is 0.873. The van der Waals surface area contributed by atoms with Gasteiger partial charge in [-0.05, 0) is 31.4 Å². The van der Waals surface area contributed by atoms with Crippen molar-refractivity contribution in [2.75, 3.05) is 0 Å². The number of halogens is 1. The van der Waals surface area contributed by atoms with Crippen molar-refractivity contribution in [1.82, 2.24) is 4.98 Å². The molecular weight excluding hydrogens is 238 g/mol. The van der Waals surface area contributed by atoms with Crippen LogP contribution in [0.15, 0.2) is 18.2 Å². The summed E-state index contributed by atoms with van der Waals surface area (Å²) in [4.78, 5) is 13.8. The van der Waals surface area contributed by atoms with Crippen LogP contribution in [0.3, 0.4) is 0 Å². The molecule has 0 spiro atoms. The van der Waals surface area contributed by atoms with E-state index in [-0.39, 0.29) is 6.42 Å². The van der Waals surface area contributed by atoms with Gasteiger partial charge in [-0.15, -0.1) is 0 Å². The molecular formula is C13H14ClNO2. The van der Waals surface area contributed by atoms with Crippen molar-refractivity contribution in [3.63, 3.8) is 0 Å². The number of hydrogen-bond donors (Lipinski definition) is 2. The number of carboxylic acid groups (broad SMARTS) is 1. The van der Waals surface area contributed by atoms with Crippen LogP contribution in [0.25, 0.3) is 10.9 Å². The van der Waals surface area contributed by atoms with Gasteiger partial charge in [0.2, 0.25) is 0 Å². The Morgan fingerprint density at radius 1 is 1.47 bits per heavy atom. The van der Waals surface area contributed by atoms with Crippen molar-refractivity contribution in [2.45, 2.75) is 26.2 Å². The third kappa shape index (κ3) is 2.44. The third-order valence-electron chi connectivity index (χ3n) is 2.92. The topological polar surface area (TPSA) is 53.1 Å². The van der Waals surface area contributed by atoms with Gasteiger partial charge in [-0.2, -0.15) is 0 Å². The molecule has 0 radical (unpaired) electrons. The predicted octanol–water partition coefficient (Wildman–Crippen LogP) is 3.54. The molecule has 0 aliphatic rings. The Kier molecular flexibility index (Phi) is 3.38. The number of aryl methyl sites for hydroxylation is 2. The first kappa shape index (κ1) is 12.0. The molecule has 0 fully saturated rings. The first-order valence-corrected chi connectivity index (χ1v) is 5.95. The molecule has 0 aliphatic carbocycles. The molecule has 1 aromatic carbocycles. The summed E-state index contributed by atoms with van der Waals surface area (Å²) in [6.45, 7) is 1.99. The second-order valence-corrected chi connectivity index (χ2v) is 4.55. The third-order valence-corrected chi connectivity index (χ3v) is 3.24. The van der Waals surface area contributed by atoms with Crippen molar-refractivity contribution >= 4 is 28.5 Å². The molecule has 2 aromatic rings. The van der Waals surface area contributed by atoms with Crippen LogP contribution in [-0.4, -0.2) is 16.1 Å². The van der Waals surface area contributed by atoms with Crippen LogP contribution in [0, 0.1) is 6.92 Å². The van der Waals surface area contributed by atoms with Crippen LogP contribution in [0.5, 0.6) is 0 Å². The maximum Gasteiger partial charge on any atom is 0.303 e. The zero-order valence-electron chi connectivity index (χ0n) is 9.59. The molecule has 0 unspecified atom stereocenters. The molecule has 4 heteroatoms. The van der Waals surface area contributed by atoms with E-state index in [0.29, 0.717) is 11.4 Å². The van der Waals surface area contributed by atoms with E-state index in [0.717, 1.165) is 23.0 Å². The summed E-state index contributed by atoms with van der Waals surface area (Å²) in [6, 6.07) is 5.78. The molecule has 3 nitrogen and oxygen atoms in total. The van der Waals surface area contributed by atoms with Gasteiger partial charge in [0.1, 0.15) is 0 Å². The lowest BCUT2D eigenvalue weighted by atomic mass is 10.0. The smallest absolute Gasteiger partial charge is 0.303 e. The zero-order valence-corrected chi connectivity index (χ0v) is 10.3. The van der Waals surface area contributed by atoms with E-state index in [2.05, 4.69) is 4.98 Å². The minimum Gasteiger partial charge on any atom is -0.481 e. The number of nitrogens with one attached hydrogen (secondary N) is 1. The molecule has 17 heavy (non-hydrogen) atoms. The number of hydrogen-bond acceptors (Lipinski definition) is 1. The lowest BCUT2D eigenvalue weighted by Crippen LogP contribution is -1.96. The van der Waals surface area contributed by atoms with Crippen LogP contribution in [-0.2, 0) is 11.2 Å². The fourth-order valence-corrected chi connectivity index (χ4v) is 2.33. The average Bonchev–Trinajstić information content (AvgIpc) is 2.57. The second-order valence-electron chi connectivity index (χ2n) is 4.14. The number of fused-ring (bicyclic) bond motifs is 1. The summed E-state index contributed by atoms with van der Waals surface area (Å²) in [7, 11) is 0. The van der Waals surface area contributed by atoms with Crippen LogP contribution in [0.1, 0.15) is 24.1 Å². The van der Waals surface area contributed by atoms with E-state index in [4.69, 9.17) is 16.7 Å². The highest BCUT2D eigenvalue weighted by Gasteiger charge is 2.10. The Balaban J connectivity index is 2.30. The summed E-state index contributed by atoms with van der Waals surface area (Å²) >= 11 is 6.10. The van der Waals surface area contributed by atoms with E-state index >= 15 is 0 Å². The van der Waals surface area contributed by atoms with Gasteiger partial charge in [0.05, 0.1) is 10.5 Å². The van der Waals surface area contributed by atoms with E-state index in [1.54, 1.807) is 0 Å². The first-order valence-electron chi connectivity index (χ1n) is 5.57. The monoisotopic (exact) mass is 251 g/mol. The minimum absolute atomic E-state index is 0.201. The van der Waals surface area contributed by atoms with Crippen LogP contribution < -0.4 is 0 Å². The fourth-order valence-electron chi connectivity index (χ4n) is 2.11. The number of rotatable bonds is 4. The number of benzene rings is 1. The largest absolute Gasteiger partial charge is 0.481 e. The maximum absolute atomic E-state index is 10.5. The summed E-state index contributed by atoms with van der Waals surface area (Å²) in [5.41, 5.74) is 3.18. The highest BCUT2D eigenvalue weighted by Crippen LogP contribution is 2.28. The molecule has 0 saturated carbocycles. The summed E-state index contributed by atoms with van der Waals surface area (Å²) < 4.78 is 0. The van der Waals surface area contributed by atoms with E-state index in [1.807, 2.05) is 25.1 Å². The van der Waals surface area contributed by atoms with Crippen LogP contribution in [0.2, 0.25) is 5.02 Å². The molecule has 0 bridgehead atoms. The maximum atomic E-state index is 10.5. The number of carbonyl (C=O) groups is 1. The molecule has 0 atom stereocenters. The predicted molar refractivity (Wildman–Crippen MR) is 68.6 cm³/mol. The van der Waals surface area contributed by atoms with Crippen molar-refractivity contribution in [3.8, 4) is 0 Å². The average molecular weight is 252 g/mol. The lowest BCUT2D eigenvalue weighted by Gasteiger charge is -2.00. The second kappa shape index (κ2) is 4.80. The highest BCUT2D eigenvalue weighted by atomic mass is 35.5. The number of aromatic amines is 1. The Hall–Kier alpha value is -1.48. The summed E-state index contributed by atoms with van der Waals surface area (Å²) in [6.07, 6.45) is 1.61. The normalized spacial score (nSPS) is 10.9. The SMILES string of the molecule is Cc1[nH]c2c(Cl)cccc2c1CCCC(=O)O. The molecule has 0 amide bonds. The Morgan fingerprint density at radius 3 is 2.94 bits per heavy atom. The number of carboxylic acids is 1. The van der Waals surface area contributed by atoms with Gasteiger partial charge in [0.15, 0.2) is 0 Å². The van der Waals surface area contributed by atoms with Crippen molar-refractivity contribution in [1.29, 1.82) is 0 Å². The number of aliphatic carboxylic acids is 1. The standard InChI is InChI=1S/C13H14ClNO2/c1-8-9(4-3-7-12(16)17)10-5-2-6-11(14)13(10)15-8/h2,5-6,15H,3-4,7H2,1H3,(H,16,17). The van der Waals surface area contributed by atoms with Gasteiger partial charge < -0.3 is 10.1 Å². The molecule has 0 aliphatic heterocycles. The van der Waals surface area contributed by atoms with E-state index in [1.165, 1.54) is 5.56 Å². The van der Waals surface area contributed by atoms with Gasteiger partial charge in [-0.25, -0.2) is 0 Å². The zero-order chi connectivity index (χ0) is 12.4. The van der Waals surface area contributed by atoms with E-state index in [9.17, 15) is 4.79 Å². The van der Waals surface area contributed by atoms with Crippen molar-refractivity contribution < 1.29 is 9.90 Å². The Morgan fingerprint density at radius 2 is 2.24 bits per heavy atom. The molecule has 0 saturated heterocycles. The van der Waals surface area contributed by atoms with Crippen molar-refractivity contribution in [2.24, 2.45) is 0 Å². The van der Waals surface area contributed by atoms with Gasteiger partial charge >= 0.3 is 5.97 Å². The molecule has 1 heterocycles. The molecule has 2 rings (SSSR count). The fraction of sp³-hybridized carbons (Fsp3) is 0.308. The summed E-state index contributed by atoms with van der Waals surface area (Å²) in [5, 5.41) is 10.4. The van der Waals surface area contributed by atoms with Gasteiger partial charge in [-0.1, -0.05) is 23.7 Å². The van der Waals surface area contributed by atoms with Gasteiger partial charge in [0, 0.05) is 17.5 Å². The molecule has 1 aromatic heterocycles. The number of aromatic nitrogens is 1.